The number of furan rings is 1. The molecular formula is C23H28N4O6. The van der Waals surface area contributed by atoms with E-state index >= 15 is 0 Å². The van der Waals surface area contributed by atoms with E-state index in [1.165, 1.54) is 24.7 Å². The highest BCUT2D eigenvalue weighted by molar-refractivity contribution is 5.94. The van der Waals surface area contributed by atoms with E-state index in [0.717, 1.165) is 18.5 Å². The Morgan fingerprint density at radius 2 is 1.88 bits per heavy atom. The molecular weight excluding hydrogens is 428 g/mol. The van der Waals surface area contributed by atoms with Crippen LogP contribution in [-0.2, 0) is 9.53 Å². The van der Waals surface area contributed by atoms with Gasteiger partial charge >= 0.3 is 0 Å². The molecule has 10 nitrogen and oxygen atoms in total. The van der Waals surface area contributed by atoms with Crippen LogP contribution in [0.1, 0.15) is 29.6 Å². The fourth-order valence-corrected chi connectivity index (χ4v) is 4.27. The van der Waals surface area contributed by atoms with Gasteiger partial charge in [0.1, 0.15) is 6.26 Å². The Hall–Kier alpha value is -3.40. The minimum Gasteiger partial charge on any atom is -0.472 e. The summed E-state index contributed by atoms with van der Waals surface area (Å²) in [6.45, 7) is 3.93. The van der Waals surface area contributed by atoms with Crippen molar-refractivity contribution in [3.8, 4) is 0 Å². The van der Waals surface area contributed by atoms with E-state index in [9.17, 15) is 19.7 Å². The first-order valence-corrected chi connectivity index (χ1v) is 11.2. The number of nitrogens with zero attached hydrogens (tertiary/aromatic N) is 4. The highest BCUT2D eigenvalue weighted by atomic mass is 16.6. The monoisotopic (exact) mass is 456 g/mol. The molecule has 1 atom stereocenters. The smallest absolute Gasteiger partial charge is 0.269 e. The Labute approximate surface area is 191 Å². The molecule has 0 N–H and O–H groups in total. The quantitative estimate of drug-likeness (QED) is 0.443. The highest BCUT2D eigenvalue weighted by Crippen LogP contribution is 2.21. The van der Waals surface area contributed by atoms with Gasteiger partial charge in [-0.05, 0) is 31.0 Å². The van der Waals surface area contributed by atoms with Crippen LogP contribution in [0.25, 0.3) is 0 Å². The van der Waals surface area contributed by atoms with Gasteiger partial charge < -0.3 is 23.9 Å². The van der Waals surface area contributed by atoms with Gasteiger partial charge in [0.05, 0.1) is 22.9 Å². The van der Waals surface area contributed by atoms with Gasteiger partial charge in [0.15, 0.2) is 0 Å². The van der Waals surface area contributed by atoms with Crippen molar-refractivity contribution in [2.75, 3.05) is 50.8 Å². The number of carbonyl (C=O) groups excluding carboxylic acids is 2. The fourth-order valence-electron chi connectivity index (χ4n) is 4.27. The van der Waals surface area contributed by atoms with E-state index < -0.39 is 4.92 Å². The first-order valence-electron chi connectivity index (χ1n) is 11.2. The van der Waals surface area contributed by atoms with Crippen LogP contribution in [0.4, 0.5) is 11.4 Å². The van der Waals surface area contributed by atoms with Gasteiger partial charge in [-0.15, -0.1) is 0 Å². The second kappa shape index (κ2) is 10.5. The van der Waals surface area contributed by atoms with Gasteiger partial charge in [0, 0.05) is 70.1 Å². The van der Waals surface area contributed by atoms with E-state index in [2.05, 4.69) is 4.90 Å². The number of carbonyl (C=O) groups is 2. The Bertz CT molecular complexity index is 948. The Morgan fingerprint density at radius 3 is 2.48 bits per heavy atom. The zero-order chi connectivity index (χ0) is 23.2. The maximum absolute atomic E-state index is 12.9. The Morgan fingerprint density at radius 1 is 1.12 bits per heavy atom. The fraction of sp³-hybridized carbons (Fsp3) is 0.478. The predicted molar refractivity (Wildman–Crippen MR) is 120 cm³/mol. The number of non-ortho nitro benzene ring substituents is 1. The molecule has 0 radical (unpaired) electrons. The molecule has 1 unspecified atom stereocenters. The van der Waals surface area contributed by atoms with Crippen molar-refractivity contribution in [3.05, 3.63) is 58.5 Å². The van der Waals surface area contributed by atoms with Gasteiger partial charge in [0.25, 0.3) is 11.6 Å². The van der Waals surface area contributed by atoms with Crippen molar-refractivity contribution in [2.45, 2.75) is 25.4 Å². The molecule has 2 amide bonds. The summed E-state index contributed by atoms with van der Waals surface area (Å²) in [7, 11) is 0. The molecule has 2 saturated heterocycles. The van der Waals surface area contributed by atoms with E-state index in [1.54, 1.807) is 23.1 Å². The van der Waals surface area contributed by atoms with Crippen molar-refractivity contribution >= 4 is 23.2 Å². The third kappa shape index (κ3) is 5.70. The number of ether oxygens (including phenoxy) is 1. The molecule has 2 aliphatic heterocycles. The van der Waals surface area contributed by atoms with Gasteiger partial charge in [-0.25, -0.2) is 0 Å². The van der Waals surface area contributed by atoms with Crippen LogP contribution in [0.2, 0.25) is 0 Å². The lowest BCUT2D eigenvalue weighted by Crippen LogP contribution is -2.49. The van der Waals surface area contributed by atoms with Crippen LogP contribution in [0.5, 0.6) is 0 Å². The number of hydrogen-bond acceptors (Lipinski definition) is 7. The summed E-state index contributed by atoms with van der Waals surface area (Å²) in [5.74, 6) is -0.147. The maximum Gasteiger partial charge on any atom is 0.269 e. The molecule has 0 saturated carbocycles. The van der Waals surface area contributed by atoms with Crippen molar-refractivity contribution in [1.29, 1.82) is 0 Å². The van der Waals surface area contributed by atoms with Crippen molar-refractivity contribution < 1.29 is 23.7 Å². The summed E-state index contributed by atoms with van der Waals surface area (Å²) < 4.78 is 10.7. The third-order valence-corrected chi connectivity index (χ3v) is 6.16. The summed E-state index contributed by atoms with van der Waals surface area (Å²) in [4.78, 5) is 41.8. The lowest BCUT2D eigenvalue weighted by Gasteiger charge is -2.36. The van der Waals surface area contributed by atoms with Crippen molar-refractivity contribution in [3.63, 3.8) is 0 Å². The second-order valence-electron chi connectivity index (χ2n) is 8.29. The molecule has 2 fully saturated rings. The largest absolute Gasteiger partial charge is 0.472 e. The minimum absolute atomic E-state index is 0.00111. The average Bonchev–Trinajstić information content (AvgIpc) is 3.56. The number of nitro benzene ring substituents is 1. The van der Waals surface area contributed by atoms with Crippen molar-refractivity contribution in [1.82, 2.24) is 9.80 Å². The maximum atomic E-state index is 12.9. The topological polar surface area (TPSA) is 109 Å². The molecule has 2 aromatic rings. The Kier molecular flexibility index (Phi) is 7.23. The van der Waals surface area contributed by atoms with E-state index in [-0.39, 0.29) is 30.0 Å². The molecule has 33 heavy (non-hydrogen) atoms. The zero-order valence-corrected chi connectivity index (χ0v) is 18.4. The zero-order valence-electron chi connectivity index (χ0n) is 18.4. The van der Waals surface area contributed by atoms with Gasteiger partial charge in [-0.3, -0.25) is 19.7 Å². The number of nitro groups is 1. The standard InChI is InChI=1S/C23H28N4O6/c28-22(25-12-10-24(11-13-25)19-3-5-20(6-4-19)27(30)31)7-9-26(16-21-2-1-14-33-21)23(29)18-8-15-32-17-18/h3-6,8,15,17,21H,1-2,7,9-14,16H2. The summed E-state index contributed by atoms with van der Waals surface area (Å²) in [5.41, 5.74) is 1.43. The summed E-state index contributed by atoms with van der Waals surface area (Å²) >= 11 is 0. The summed E-state index contributed by atoms with van der Waals surface area (Å²) in [6, 6.07) is 8.09. The highest BCUT2D eigenvalue weighted by Gasteiger charge is 2.26. The van der Waals surface area contributed by atoms with Crippen LogP contribution in [0.15, 0.2) is 47.3 Å². The normalized spacial score (nSPS) is 18.4. The average molecular weight is 456 g/mol. The SMILES string of the molecule is O=C(CCN(CC1CCCO1)C(=O)c1ccoc1)N1CCN(c2ccc([N+](=O)[O-])cc2)CC1. The third-order valence-electron chi connectivity index (χ3n) is 6.16. The lowest BCUT2D eigenvalue weighted by molar-refractivity contribution is -0.384. The summed E-state index contributed by atoms with van der Waals surface area (Å²) in [6.07, 6.45) is 5.02. The van der Waals surface area contributed by atoms with Gasteiger partial charge in [-0.1, -0.05) is 0 Å². The number of rotatable bonds is 8. The Balaban J connectivity index is 1.29. The van der Waals surface area contributed by atoms with E-state index in [0.29, 0.717) is 51.4 Å². The molecule has 0 spiro atoms. The van der Waals surface area contributed by atoms with Crippen LogP contribution >= 0.6 is 0 Å². The molecule has 0 aliphatic carbocycles. The number of piperazine rings is 1. The van der Waals surface area contributed by atoms with E-state index in [4.69, 9.17) is 9.15 Å². The first-order chi connectivity index (χ1) is 16.0. The van der Waals surface area contributed by atoms with Crippen LogP contribution in [0.3, 0.4) is 0 Å². The number of amides is 2. The lowest BCUT2D eigenvalue weighted by atomic mass is 10.2. The molecule has 3 heterocycles. The van der Waals surface area contributed by atoms with Crippen LogP contribution in [-0.4, -0.2) is 78.5 Å². The molecule has 10 heteroatoms. The number of benzene rings is 1. The second-order valence-corrected chi connectivity index (χ2v) is 8.29. The van der Waals surface area contributed by atoms with E-state index in [1.807, 2.05) is 4.90 Å². The summed E-state index contributed by atoms with van der Waals surface area (Å²) in [5, 5.41) is 10.8. The molecule has 176 valence electrons. The predicted octanol–water partition coefficient (Wildman–Crippen LogP) is 2.55. The van der Waals surface area contributed by atoms with Crippen LogP contribution < -0.4 is 4.90 Å². The number of hydrogen-bond donors (Lipinski definition) is 0. The van der Waals surface area contributed by atoms with Crippen LogP contribution in [0, 0.1) is 10.1 Å². The van der Waals surface area contributed by atoms with Gasteiger partial charge in [-0.2, -0.15) is 0 Å². The minimum atomic E-state index is -0.417. The molecule has 0 bridgehead atoms. The molecule has 4 rings (SSSR count). The molecule has 2 aliphatic rings. The molecule has 1 aromatic carbocycles. The first kappa shape index (κ1) is 22.8. The van der Waals surface area contributed by atoms with Crippen molar-refractivity contribution in [2.24, 2.45) is 0 Å². The number of anilines is 1. The van der Waals surface area contributed by atoms with Gasteiger partial charge in [0.2, 0.25) is 5.91 Å². The molecule has 1 aromatic heterocycles.